The standard InChI is InChI=1S/C11H19NO3/c1-8-6-14-7-9(2)12(8)11(13)10-4-3-5-15-10/h8-10H,3-7H2,1-2H3/t8-,9+,10-/m0/s1. The Balaban J connectivity index is 2.02. The summed E-state index contributed by atoms with van der Waals surface area (Å²) in [5.41, 5.74) is 0. The van der Waals surface area contributed by atoms with E-state index in [1.807, 2.05) is 18.7 Å². The molecule has 2 rings (SSSR count). The molecule has 0 bridgehead atoms. The van der Waals surface area contributed by atoms with E-state index in [2.05, 4.69) is 0 Å². The fraction of sp³-hybridized carbons (Fsp3) is 0.909. The molecule has 0 spiro atoms. The summed E-state index contributed by atoms with van der Waals surface area (Å²) in [6.45, 7) is 6.07. The Morgan fingerprint density at radius 2 is 1.93 bits per heavy atom. The molecule has 0 N–H and O–H groups in total. The second kappa shape index (κ2) is 4.49. The van der Waals surface area contributed by atoms with Crippen molar-refractivity contribution in [3.63, 3.8) is 0 Å². The summed E-state index contributed by atoms with van der Waals surface area (Å²) in [6, 6.07) is 0.343. The van der Waals surface area contributed by atoms with Crippen LogP contribution in [0.1, 0.15) is 26.7 Å². The molecular formula is C11H19NO3. The van der Waals surface area contributed by atoms with Gasteiger partial charge in [-0.2, -0.15) is 0 Å². The largest absolute Gasteiger partial charge is 0.377 e. The zero-order valence-corrected chi connectivity index (χ0v) is 9.44. The van der Waals surface area contributed by atoms with Crippen LogP contribution in [-0.4, -0.2) is 48.8 Å². The molecule has 2 aliphatic heterocycles. The molecule has 1 amide bonds. The van der Waals surface area contributed by atoms with Gasteiger partial charge in [0.2, 0.25) is 0 Å². The number of rotatable bonds is 1. The highest BCUT2D eigenvalue weighted by molar-refractivity contribution is 5.81. The van der Waals surface area contributed by atoms with Gasteiger partial charge in [0.25, 0.3) is 5.91 Å². The minimum atomic E-state index is -0.201. The number of hydrogen-bond donors (Lipinski definition) is 0. The van der Waals surface area contributed by atoms with Gasteiger partial charge in [-0.1, -0.05) is 0 Å². The molecule has 0 radical (unpaired) electrons. The van der Waals surface area contributed by atoms with Crippen LogP contribution in [0.25, 0.3) is 0 Å². The maximum Gasteiger partial charge on any atom is 0.252 e. The van der Waals surface area contributed by atoms with Gasteiger partial charge in [-0.3, -0.25) is 4.79 Å². The van der Waals surface area contributed by atoms with Crippen LogP contribution in [0.5, 0.6) is 0 Å². The molecule has 0 aromatic carbocycles. The lowest BCUT2D eigenvalue weighted by molar-refractivity contribution is -0.153. The van der Waals surface area contributed by atoms with Gasteiger partial charge >= 0.3 is 0 Å². The van der Waals surface area contributed by atoms with Crippen molar-refractivity contribution in [3.8, 4) is 0 Å². The van der Waals surface area contributed by atoms with Crippen LogP contribution < -0.4 is 0 Å². The highest BCUT2D eigenvalue weighted by Crippen LogP contribution is 2.20. The third-order valence-electron chi connectivity index (χ3n) is 3.13. The van der Waals surface area contributed by atoms with Gasteiger partial charge in [-0.15, -0.1) is 0 Å². The van der Waals surface area contributed by atoms with Crippen LogP contribution in [0.15, 0.2) is 0 Å². The zero-order chi connectivity index (χ0) is 10.8. The quantitative estimate of drug-likeness (QED) is 0.646. The zero-order valence-electron chi connectivity index (χ0n) is 9.44. The van der Waals surface area contributed by atoms with Gasteiger partial charge < -0.3 is 14.4 Å². The molecular weight excluding hydrogens is 194 g/mol. The number of carbonyl (C=O) groups excluding carboxylic acids is 1. The third kappa shape index (κ3) is 2.16. The summed E-state index contributed by atoms with van der Waals surface area (Å²) >= 11 is 0. The van der Waals surface area contributed by atoms with Gasteiger partial charge in [0.05, 0.1) is 25.3 Å². The van der Waals surface area contributed by atoms with Gasteiger partial charge in [-0.05, 0) is 26.7 Å². The number of nitrogens with zero attached hydrogens (tertiary/aromatic N) is 1. The first-order valence-electron chi connectivity index (χ1n) is 5.71. The van der Waals surface area contributed by atoms with Crippen LogP contribution in [0, 0.1) is 0 Å². The number of amides is 1. The lowest BCUT2D eigenvalue weighted by atomic mass is 10.1. The molecule has 3 atom stereocenters. The predicted octanol–water partition coefficient (Wildman–Crippen LogP) is 0.801. The number of carbonyl (C=O) groups is 1. The van der Waals surface area contributed by atoms with Gasteiger partial charge in [0.15, 0.2) is 0 Å². The second-order valence-electron chi connectivity index (χ2n) is 4.48. The highest BCUT2D eigenvalue weighted by atomic mass is 16.5. The summed E-state index contributed by atoms with van der Waals surface area (Å²) < 4.78 is 10.8. The van der Waals surface area contributed by atoms with E-state index in [0.717, 1.165) is 19.4 Å². The monoisotopic (exact) mass is 213 g/mol. The van der Waals surface area contributed by atoms with Crippen LogP contribution in [0.2, 0.25) is 0 Å². The first-order chi connectivity index (χ1) is 7.20. The minimum Gasteiger partial charge on any atom is -0.377 e. The number of ether oxygens (including phenoxy) is 2. The highest BCUT2D eigenvalue weighted by Gasteiger charge is 2.35. The van der Waals surface area contributed by atoms with E-state index in [-0.39, 0.29) is 24.1 Å². The minimum absolute atomic E-state index is 0.149. The Morgan fingerprint density at radius 3 is 2.47 bits per heavy atom. The summed E-state index contributed by atoms with van der Waals surface area (Å²) in [4.78, 5) is 14.1. The molecule has 0 aromatic rings. The molecule has 2 heterocycles. The molecule has 0 aromatic heterocycles. The molecule has 2 saturated heterocycles. The van der Waals surface area contributed by atoms with E-state index in [4.69, 9.17) is 9.47 Å². The number of morpholine rings is 1. The smallest absolute Gasteiger partial charge is 0.252 e. The fourth-order valence-corrected chi connectivity index (χ4v) is 2.38. The van der Waals surface area contributed by atoms with Crippen molar-refractivity contribution in [3.05, 3.63) is 0 Å². The molecule has 0 aliphatic carbocycles. The summed E-state index contributed by atoms with van der Waals surface area (Å²) in [6.07, 6.45) is 1.67. The van der Waals surface area contributed by atoms with Crippen molar-refractivity contribution in [2.45, 2.75) is 44.9 Å². The van der Waals surface area contributed by atoms with Crippen LogP contribution in [0.3, 0.4) is 0 Å². The molecule has 2 fully saturated rings. The third-order valence-corrected chi connectivity index (χ3v) is 3.13. The Kier molecular flexibility index (Phi) is 3.26. The molecule has 86 valence electrons. The maximum atomic E-state index is 12.2. The SMILES string of the molecule is C[C@@H]1COC[C@H](C)N1C(=O)[C@@H]1CCCO1. The average molecular weight is 213 g/mol. The average Bonchev–Trinajstić information content (AvgIpc) is 2.69. The summed E-state index contributed by atoms with van der Waals surface area (Å²) in [5.74, 6) is 0.149. The Labute approximate surface area is 90.5 Å². The van der Waals surface area contributed by atoms with Crippen molar-refractivity contribution in [1.29, 1.82) is 0 Å². The first kappa shape index (κ1) is 10.9. The Morgan fingerprint density at radius 1 is 1.27 bits per heavy atom. The van der Waals surface area contributed by atoms with Gasteiger partial charge in [0, 0.05) is 6.61 Å². The van der Waals surface area contributed by atoms with Crippen molar-refractivity contribution in [1.82, 2.24) is 4.90 Å². The van der Waals surface area contributed by atoms with Crippen molar-refractivity contribution >= 4 is 5.91 Å². The lowest BCUT2D eigenvalue weighted by Crippen LogP contribution is -2.55. The van der Waals surface area contributed by atoms with Crippen LogP contribution >= 0.6 is 0 Å². The molecule has 0 saturated carbocycles. The van der Waals surface area contributed by atoms with E-state index in [1.54, 1.807) is 0 Å². The maximum absolute atomic E-state index is 12.2. The van der Waals surface area contributed by atoms with Crippen molar-refractivity contribution in [2.75, 3.05) is 19.8 Å². The van der Waals surface area contributed by atoms with Crippen LogP contribution in [-0.2, 0) is 14.3 Å². The van der Waals surface area contributed by atoms with Crippen molar-refractivity contribution < 1.29 is 14.3 Å². The molecule has 15 heavy (non-hydrogen) atoms. The van der Waals surface area contributed by atoms with Crippen molar-refractivity contribution in [2.24, 2.45) is 0 Å². The Hall–Kier alpha value is -0.610. The molecule has 4 nitrogen and oxygen atoms in total. The van der Waals surface area contributed by atoms with E-state index < -0.39 is 0 Å². The molecule has 2 aliphatic rings. The fourth-order valence-electron chi connectivity index (χ4n) is 2.38. The van der Waals surface area contributed by atoms with Crippen LogP contribution in [0.4, 0.5) is 0 Å². The Bertz CT molecular complexity index is 228. The van der Waals surface area contributed by atoms with Gasteiger partial charge in [0.1, 0.15) is 6.10 Å². The molecule has 0 unspecified atom stereocenters. The van der Waals surface area contributed by atoms with E-state index in [1.165, 1.54) is 0 Å². The lowest BCUT2D eigenvalue weighted by Gasteiger charge is -2.39. The van der Waals surface area contributed by atoms with E-state index in [0.29, 0.717) is 13.2 Å². The normalized spacial score (nSPS) is 36.9. The van der Waals surface area contributed by atoms with E-state index >= 15 is 0 Å². The predicted molar refractivity (Wildman–Crippen MR) is 55.6 cm³/mol. The van der Waals surface area contributed by atoms with E-state index in [9.17, 15) is 4.79 Å². The first-order valence-corrected chi connectivity index (χ1v) is 5.71. The second-order valence-corrected chi connectivity index (χ2v) is 4.48. The topological polar surface area (TPSA) is 38.8 Å². The summed E-state index contributed by atoms with van der Waals surface area (Å²) in [7, 11) is 0. The molecule has 4 heteroatoms. The number of hydrogen-bond acceptors (Lipinski definition) is 3. The summed E-state index contributed by atoms with van der Waals surface area (Å²) in [5, 5.41) is 0. The van der Waals surface area contributed by atoms with Gasteiger partial charge in [-0.25, -0.2) is 0 Å².